The number of nitrogens with zero attached hydrogens (tertiary/aromatic N) is 2. The van der Waals surface area contributed by atoms with Crippen molar-refractivity contribution in [2.45, 2.75) is 6.42 Å². The van der Waals surface area contributed by atoms with Crippen LogP contribution in [-0.2, 0) is 4.79 Å². The number of para-hydroxylation sites is 3. The van der Waals surface area contributed by atoms with Gasteiger partial charge in [-0.1, -0.05) is 30.3 Å². The molecule has 0 bridgehead atoms. The van der Waals surface area contributed by atoms with Crippen molar-refractivity contribution in [2.24, 2.45) is 5.73 Å². The van der Waals surface area contributed by atoms with E-state index in [1.807, 2.05) is 6.07 Å². The lowest BCUT2D eigenvalue weighted by Gasteiger charge is -2.12. The lowest BCUT2D eigenvalue weighted by molar-refractivity contribution is -0.118. The molecule has 0 aliphatic rings. The highest BCUT2D eigenvalue weighted by Gasteiger charge is 2.13. The van der Waals surface area contributed by atoms with Crippen LogP contribution in [0, 0.1) is 0 Å². The molecule has 3 rings (SSSR count). The lowest BCUT2D eigenvalue weighted by atomic mass is 10.2. The Balaban J connectivity index is 1.81. The third kappa shape index (κ3) is 4.61. The number of amides is 2. The number of benzene rings is 2. The molecule has 2 aromatic carbocycles. The highest BCUT2D eigenvalue weighted by Crippen LogP contribution is 2.24. The maximum Gasteiger partial charge on any atom is 0.276 e. The Hall–Kier alpha value is -3.94. The van der Waals surface area contributed by atoms with Crippen molar-refractivity contribution in [2.75, 3.05) is 11.9 Å². The number of hydrogen-bond acceptors (Lipinski definition) is 5. The minimum absolute atomic E-state index is 0.0614. The molecule has 0 radical (unpaired) electrons. The van der Waals surface area contributed by atoms with Crippen molar-refractivity contribution in [1.29, 1.82) is 0 Å². The maximum absolute atomic E-state index is 12.6. The Morgan fingerprint density at radius 2 is 1.71 bits per heavy atom. The molecule has 3 aromatic rings. The molecule has 8 nitrogen and oxygen atoms in total. The van der Waals surface area contributed by atoms with E-state index in [-0.39, 0.29) is 24.3 Å². The first-order valence-corrected chi connectivity index (χ1v) is 8.52. The quantitative estimate of drug-likeness (QED) is 0.650. The molecule has 1 heterocycles. The van der Waals surface area contributed by atoms with Crippen LogP contribution in [0.1, 0.15) is 16.9 Å². The van der Waals surface area contributed by atoms with Gasteiger partial charge in [-0.15, -0.1) is 0 Å². The van der Waals surface area contributed by atoms with Gasteiger partial charge in [0, 0.05) is 6.07 Å². The summed E-state index contributed by atoms with van der Waals surface area (Å²) in [5.41, 5.74) is 5.78. The van der Waals surface area contributed by atoms with Crippen molar-refractivity contribution in [1.82, 2.24) is 9.78 Å². The van der Waals surface area contributed by atoms with Gasteiger partial charge in [0.2, 0.25) is 5.91 Å². The van der Waals surface area contributed by atoms with E-state index in [9.17, 15) is 14.4 Å². The SMILES string of the molecule is NC(=O)CCOc1ccccc1NC(=O)c1ccc(=O)n(-c2ccccc2)n1. The largest absolute Gasteiger partial charge is 0.491 e. The molecule has 0 saturated carbocycles. The standard InChI is InChI=1S/C20H18N4O4/c21-18(25)12-13-28-17-9-5-4-8-15(17)22-20(27)16-10-11-19(26)24(23-16)14-6-2-1-3-7-14/h1-11H,12-13H2,(H2,21,25)(H,22,27). The molecule has 0 aliphatic carbocycles. The summed E-state index contributed by atoms with van der Waals surface area (Å²) in [5, 5.41) is 6.85. The van der Waals surface area contributed by atoms with E-state index in [2.05, 4.69) is 10.4 Å². The van der Waals surface area contributed by atoms with Crippen LogP contribution in [0.25, 0.3) is 5.69 Å². The molecular formula is C20H18N4O4. The Labute approximate surface area is 160 Å². The molecular weight excluding hydrogens is 360 g/mol. The summed E-state index contributed by atoms with van der Waals surface area (Å²) in [4.78, 5) is 35.6. The van der Waals surface area contributed by atoms with Crippen LogP contribution in [0.4, 0.5) is 5.69 Å². The maximum atomic E-state index is 12.6. The zero-order valence-electron chi connectivity index (χ0n) is 14.9. The topological polar surface area (TPSA) is 116 Å². The molecule has 0 aliphatic heterocycles. The van der Waals surface area contributed by atoms with Gasteiger partial charge < -0.3 is 15.8 Å². The predicted molar refractivity (Wildman–Crippen MR) is 104 cm³/mol. The molecule has 2 amide bonds. The molecule has 0 atom stereocenters. The van der Waals surface area contributed by atoms with E-state index in [1.54, 1.807) is 48.5 Å². The zero-order chi connectivity index (χ0) is 19.9. The normalized spacial score (nSPS) is 10.3. The van der Waals surface area contributed by atoms with E-state index in [0.29, 0.717) is 17.1 Å². The van der Waals surface area contributed by atoms with Crippen molar-refractivity contribution in [3.8, 4) is 11.4 Å². The summed E-state index contributed by atoms with van der Waals surface area (Å²) in [5.74, 6) is -0.585. The summed E-state index contributed by atoms with van der Waals surface area (Å²) in [6.07, 6.45) is 0.0614. The van der Waals surface area contributed by atoms with E-state index in [1.165, 1.54) is 12.1 Å². The van der Waals surface area contributed by atoms with Gasteiger partial charge in [-0.2, -0.15) is 9.78 Å². The van der Waals surface area contributed by atoms with Crippen molar-refractivity contribution in [3.63, 3.8) is 0 Å². The number of primary amides is 1. The van der Waals surface area contributed by atoms with Crippen molar-refractivity contribution >= 4 is 17.5 Å². The molecule has 0 unspecified atom stereocenters. The van der Waals surface area contributed by atoms with Crippen LogP contribution < -0.4 is 21.3 Å². The van der Waals surface area contributed by atoms with Crippen LogP contribution in [0.15, 0.2) is 71.5 Å². The minimum atomic E-state index is -0.504. The van der Waals surface area contributed by atoms with Crippen molar-refractivity contribution < 1.29 is 14.3 Å². The average molecular weight is 378 g/mol. The highest BCUT2D eigenvalue weighted by molar-refractivity contribution is 6.03. The highest BCUT2D eigenvalue weighted by atomic mass is 16.5. The van der Waals surface area contributed by atoms with E-state index in [4.69, 9.17) is 10.5 Å². The van der Waals surface area contributed by atoms with Gasteiger partial charge in [0.25, 0.3) is 11.5 Å². The first-order valence-electron chi connectivity index (χ1n) is 8.52. The summed E-state index contributed by atoms with van der Waals surface area (Å²) in [6.45, 7) is 0.0966. The summed E-state index contributed by atoms with van der Waals surface area (Å²) in [6, 6.07) is 18.2. The van der Waals surface area contributed by atoms with Crippen molar-refractivity contribution in [3.05, 3.63) is 82.8 Å². The minimum Gasteiger partial charge on any atom is -0.491 e. The summed E-state index contributed by atoms with van der Waals surface area (Å²) < 4.78 is 6.66. The van der Waals surface area contributed by atoms with Gasteiger partial charge in [-0.3, -0.25) is 14.4 Å². The number of nitrogens with two attached hydrogens (primary N) is 1. The second kappa shape index (κ2) is 8.63. The number of carbonyl (C=O) groups is 2. The first-order chi connectivity index (χ1) is 13.5. The Kier molecular flexibility index (Phi) is 5.81. The Bertz CT molecular complexity index is 1050. The van der Waals surface area contributed by atoms with E-state index >= 15 is 0 Å². The third-order valence-corrected chi connectivity index (χ3v) is 3.77. The molecule has 0 saturated heterocycles. The molecule has 1 aromatic heterocycles. The number of anilines is 1. The van der Waals surface area contributed by atoms with E-state index in [0.717, 1.165) is 4.68 Å². The molecule has 0 fully saturated rings. The zero-order valence-corrected chi connectivity index (χ0v) is 14.9. The molecule has 3 N–H and O–H groups in total. The predicted octanol–water partition coefficient (Wildman–Crippen LogP) is 1.74. The fourth-order valence-electron chi connectivity index (χ4n) is 2.43. The second-order valence-corrected chi connectivity index (χ2v) is 5.82. The first kappa shape index (κ1) is 18.8. The van der Waals surface area contributed by atoms with Crippen LogP contribution in [0.5, 0.6) is 5.75 Å². The van der Waals surface area contributed by atoms with E-state index < -0.39 is 11.8 Å². The number of aromatic nitrogens is 2. The fraction of sp³-hybridized carbons (Fsp3) is 0.100. The Morgan fingerprint density at radius 1 is 1.00 bits per heavy atom. The van der Waals surface area contributed by atoms with Gasteiger partial charge in [-0.25, -0.2) is 0 Å². The summed E-state index contributed by atoms with van der Waals surface area (Å²) >= 11 is 0. The second-order valence-electron chi connectivity index (χ2n) is 5.82. The monoisotopic (exact) mass is 378 g/mol. The fourth-order valence-corrected chi connectivity index (χ4v) is 2.43. The van der Waals surface area contributed by atoms with Gasteiger partial charge in [0.1, 0.15) is 11.4 Å². The van der Waals surface area contributed by atoms with Crippen LogP contribution in [0.3, 0.4) is 0 Å². The third-order valence-electron chi connectivity index (χ3n) is 3.77. The molecule has 8 heteroatoms. The van der Waals surface area contributed by atoms with Gasteiger partial charge in [0.15, 0.2) is 0 Å². The van der Waals surface area contributed by atoms with Gasteiger partial charge >= 0.3 is 0 Å². The number of ether oxygens (including phenoxy) is 1. The molecule has 28 heavy (non-hydrogen) atoms. The number of hydrogen-bond donors (Lipinski definition) is 2. The van der Waals surface area contributed by atoms with Crippen LogP contribution in [-0.4, -0.2) is 28.2 Å². The van der Waals surface area contributed by atoms with Gasteiger partial charge in [0.05, 0.1) is 24.4 Å². The average Bonchev–Trinajstić information content (AvgIpc) is 2.70. The smallest absolute Gasteiger partial charge is 0.276 e. The Morgan fingerprint density at radius 3 is 2.46 bits per heavy atom. The summed E-state index contributed by atoms with van der Waals surface area (Å²) in [7, 11) is 0. The van der Waals surface area contributed by atoms with Crippen LogP contribution >= 0.6 is 0 Å². The van der Waals surface area contributed by atoms with Gasteiger partial charge in [-0.05, 0) is 30.3 Å². The lowest BCUT2D eigenvalue weighted by Crippen LogP contribution is -2.25. The molecule has 0 spiro atoms. The van der Waals surface area contributed by atoms with Crippen LogP contribution in [0.2, 0.25) is 0 Å². The number of carbonyl (C=O) groups excluding carboxylic acids is 2. The molecule has 142 valence electrons. The number of rotatable bonds is 7. The number of nitrogens with one attached hydrogen (secondary N) is 1.